The first-order valence-electron chi connectivity index (χ1n) is 10.3. The van der Waals surface area contributed by atoms with Crippen molar-refractivity contribution in [2.24, 2.45) is 7.05 Å². The van der Waals surface area contributed by atoms with Crippen molar-refractivity contribution in [1.82, 2.24) is 24.8 Å². The van der Waals surface area contributed by atoms with E-state index in [4.69, 9.17) is 6.57 Å². The second-order valence-corrected chi connectivity index (χ2v) is 7.95. The first-order chi connectivity index (χ1) is 15.1. The van der Waals surface area contributed by atoms with E-state index in [9.17, 15) is 0 Å². The fraction of sp³-hybridized carbons (Fsp3) is 0.250. The van der Waals surface area contributed by atoms with Crippen LogP contribution in [0.4, 0.5) is 5.69 Å². The van der Waals surface area contributed by atoms with E-state index >= 15 is 0 Å². The predicted octanol–water partition coefficient (Wildman–Crippen LogP) is 4.63. The molecule has 5 rings (SSSR count). The number of nitrogens with one attached hydrogen (secondary N) is 1. The molecule has 1 aliphatic heterocycles. The Bertz CT molecular complexity index is 1290. The van der Waals surface area contributed by atoms with Gasteiger partial charge < -0.3 is 10.2 Å². The summed E-state index contributed by atoms with van der Waals surface area (Å²) in [5.41, 5.74) is 8.68. The molecule has 7 nitrogen and oxygen atoms in total. The van der Waals surface area contributed by atoms with Crippen LogP contribution in [0.25, 0.3) is 27.2 Å². The quantitative estimate of drug-likeness (QED) is 0.499. The maximum absolute atomic E-state index is 7.16. The minimum Gasteiger partial charge on any atom is -0.378 e. The van der Waals surface area contributed by atoms with Gasteiger partial charge in [-0.3, -0.25) is 4.68 Å². The topological polar surface area (TPSA) is 64.9 Å². The zero-order chi connectivity index (χ0) is 21.4. The molecule has 0 spiro atoms. The van der Waals surface area contributed by atoms with Crippen molar-refractivity contribution in [2.75, 3.05) is 5.32 Å². The zero-order valence-electron chi connectivity index (χ0n) is 17.6. The maximum atomic E-state index is 7.16. The summed E-state index contributed by atoms with van der Waals surface area (Å²) in [6.07, 6.45) is 4.81. The number of hydrogen-bond acceptors (Lipinski definition) is 4. The molecule has 0 bridgehead atoms. The van der Waals surface area contributed by atoms with Crippen LogP contribution in [0.1, 0.15) is 29.3 Å². The van der Waals surface area contributed by atoms with Crippen LogP contribution in [0.2, 0.25) is 0 Å². The molecule has 1 aliphatic rings. The Morgan fingerprint density at radius 2 is 2.10 bits per heavy atom. The molecule has 0 fully saturated rings. The SMILES string of the molecule is [C-]#[N+]Cc1cccc(NC2CCn3nnc(C)c3-c3ccc(-c4cnn(C)c4)cc32)c1. The third-order valence-electron chi connectivity index (χ3n) is 5.78. The highest BCUT2D eigenvalue weighted by Gasteiger charge is 2.26. The molecule has 2 aromatic heterocycles. The van der Waals surface area contributed by atoms with Gasteiger partial charge in [0.15, 0.2) is 0 Å². The molecule has 0 radical (unpaired) electrons. The van der Waals surface area contributed by atoms with Gasteiger partial charge in [0, 0.05) is 42.2 Å². The lowest BCUT2D eigenvalue weighted by Gasteiger charge is -2.21. The van der Waals surface area contributed by atoms with Crippen LogP contribution in [0, 0.1) is 13.5 Å². The van der Waals surface area contributed by atoms with Gasteiger partial charge in [-0.15, -0.1) is 5.10 Å². The molecule has 1 N–H and O–H groups in total. The summed E-state index contributed by atoms with van der Waals surface area (Å²) < 4.78 is 3.83. The number of rotatable bonds is 4. The molecular formula is C24H23N7. The molecule has 0 saturated carbocycles. The van der Waals surface area contributed by atoms with Crippen molar-refractivity contribution in [3.63, 3.8) is 0 Å². The molecule has 0 amide bonds. The molecule has 0 aliphatic carbocycles. The average Bonchev–Trinajstić information content (AvgIpc) is 3.32. The van der Waals surface area contributed by atoms with Gasteiger partial charge in [-0.05, 0) is 42.7 Å². The standard InChI is InChI=1S/C24H23N7/c1-16-24-21-8-7-18(19-14-26-30(3)15-19)12-22(21)23(9-10-31(24)29-28-16)27-20-6-4-5-17(11-20)13-25-2/h4-8,11-12,14-15,23,27H,9-10,13H2,1,3H3. The molecule has 154 valence electrons. The average molecular weight is 409 g/mol. The van der Waals surface area contributed by atoms with Gasteiger partial charge in [0.1, 0.15) is 0 Å². The summed E-state index contributed by atoms with van der Waals surface area (Å²) in [7, 11) is 1.93. The van der Waals surface area contributed by atoms with Crippen molar-refractivity contribution in [3.05, 3.63) is 83.1 Å². The van der Waals surface area contributed by atoms with Gasteiger partial charge >= 0.3 is 0 Å². The second-order valence-electron chi connectivity index (χ2n) is 7.95. The smallest absolute Gasteiger partial charge is 0.239 e. The lowest BCUT2D eigenvalue weighted by Crippen LogP contribution is -2.13. The van der Waals surface area contributed by atoms with E-state index in [1.165, 1.54) is 5.56 Å². The van der Waals surface area contributed by atoms with E-state index in [0.29, 0.717) is 6.54 Å². The third kappa shape index (κ3) is 3.57. The van der Waals surface area contributed by atoms with Crippen LogP contribution >= 0.6 is 0 Å². The maximum Gasteiger partial charge on any atom is 0.239 e. The number of nitrogens with zero attached hydrogens (tertiary/aromatic N) is 6. The number of benzene rings is 2. The summed E-state index contributed by atoms with van der Waals surface area (Å²) >= 11 is 0. The summed E-state index contributed by atoms with van der Waals surface area (Å²) in [4.78, 5) is 3.52. The Hall–Kier alpha value is -3.92. The van der Waals surface area contributed by atoms with Gasteiger partial charge in [0.2, 0.25) is 6.54 Å². The van der Waals surface area contributed by atoms with Crippen molar-refractivity contribution < 1.29 is 0 Å². The Kier molecular flexibility index (Phi) is 4.75. The van der Waals surface area contributed by atoms with E-state index in [-0.39, 0.29) is 6.04 Å². The van der Waals surface area contributed by atoms with Gasteiger partial charge in [0.05, 0.1) is 23.6 Å². The van der Waals surface area contributed by atoms with Gasteiger partial charge in [-0.25, -0.2) is 11.3 Å². The fourth-order valence-electron chi connectivity index (χ4n) is 4.32. The van der Waals surface area contributed by atoms with Crippen molar-refractivity contribution in [1.29, 1.82) is 0 Å². The minimum absolute atomic E-state index is 0.107. The van der Waals surface area contributed by atoms with E-state index in [2.05, 4.69) is 55.9 Å². The first-order valence-corrected chi connectivity index (χ1v) is 10.3. The Morgan fingerprint density at radius 3 is 2.90 bits per heavy atom. The van der Waals surface area contributed by atoms with Crippen LogP contribution < -0.4 is 5.32 Å². The van der Waals surface area contributed by atoms with Gasteiger partial charge in [-0.2, -0.15) is 5.10 Å². The van der Waals surface area contributed by atoms with Crippen LogP contribution in [-0.2, 0) is 20.1 Å². The summed E-state index contributed by atoms with van der Waals surface area (Å²) in [6, 6.07) is 14.8. The number of aromatic nitrogens is 5. The van der Waals surface area contributed by atoms with E-state index in [1.807, 2.05) is 47.9 Å². The number of aryl methyl sites for hydroxylation is 3. The van der Waals surface area contributed by atoms with Crippen molar-refractivity contribution >= 4 is 5.69 Å². The summed E-state index contributed by atoms with van der Waals surface area (Å²) in [5.74, 6) is 0. The highest BCUT2D eigenvalue weighted by molar-refractivity contribution is 5.74. The van der Waals surface area contributed by atoms with Crippen LogP contribution in [0.5, 0.6) is 0 Å². The molecule has 7 heteroatoms. The monoisotopic (exact) mass is 409 g/mol. The normalized spacial score (nSPS) is 14.9. The van der Waals surface area contributed by atoms with Crippen LogP contribution in [0.15, 0.2) is 54.9 Å². The summed E-state index contributed by atoms with van der Waals surface area (Å²) in [6.45, 7) is 10.3. The number of hydrogen-bond donors (Lipinski definition) is 1. The van der Waals surface area contributed by atoms with E-state index < -0.39 is 0 Å². The Morgan fingerprint density at radius 1 is 1.19 bits per heavy atom. The molecular weight excluding hydrogens is 386 g/mol. The summed E-state index contributed by atoms with van der Waals surface area (Å²) in [5, 5.41) is 16.7. The molecule has 1 unspecified atom stereocenters. The molecule has 1 atom stereocenters. The fourth-order valence-corrected chi connectivity index (χ4v) is 4.32. The third-order valence-corrected chi connectivity index (χ3v) is 5.78. The Balaban J connectivity index is 1.60. The van der Waals surface area contributed by atoms with E-state index in [1.54, 1.807) is 0 Å². The van der Waals surface area contributed by atoms with Crippen LogP contribution in [0.3, 0.4) is 0 Å². The molecule has 0 saturated heterocycles. The van der Waals surface area contributed by atoms with Crippen LogP contribution in [-0.4, -0.2) is 24.8 Å². The largest absolute Gasteiger partial charge is 0.378 e. The van der Waals surface area contributed by atoms with Crippen molar-refractivity contribution in [2.45, 2.75) is 32.5 Å². The van der Waals surface area contributed by atoms with Gasteiger partial charge in [0.25, 0.3) is 0 Å². The predicted molar refractivity (Wildman–Crippen MR) is 120 cm³/mol. The van der Waals surface area contributed by atoms with E-state index in [0.717, 1.165) is 52.3 Å². The molecule has 3 heterocycles. The lowest BCUT2D eigenvalue weighted by atomic mass is 9.93. The Labute approximate surface area is 181 Å². The molecule has 4 aromatic rings. The van der Waals surface area contributed by atoms with Gasteiger partial charge in [-0.1, -0.05) is 29.5 Å². The highest BCUT2D eigenvalue weighted by Crippen LogP contribution is 2.39. The zero-order valence-corrected chi connectivity index (χ0v) is 17.6. The number of anilines is 1. The number of fused-ring (bicyclic) bond motifs is 3. The molecule has 31 heavy (non-hydrogen) atoms. The second kappa shape index (κ2) is 7.73. The first kappa shape index (κ1) is 19.1. The molecule has 2 aromatic carbocycles. The highest BCUT2D eigenvalue weighted by atomic mass is 15.4. The van der Waals surface area contributed by atoms with Crippen molar-refractivity contribution in [3.8, 4) is 22.4 Å². The minimum atomic E-state index is 0.107. The lowest BCUT2D eigenvalue weighted by molar-refractivity contribution is 0.539.